The minimum absolute atomic E-state index is 0.147. The van der Waals surface area contributed by atoms with Crippen LogP contribution in [-0.4, -0.2) is 21.2 Å². The van der Waals surface area contributed by atoms with E-state index in [9.17, 15) is 4.79 Å². The molecular formula is C19H20ClN5O. The predicted molar refractivity (Wildman–Crippen MR) is 103 cm³/mol. The summed E-state index contributed by atoms with van der Waals surface area (Å²) in [4.78, 5) is 16.6. The number of hydrogen-bond donors (Lipinski definition) is 3. The number of rotatable bonds is 4. The maximum atomic E-state index is 12.3. The second kappa shape index (κ2) is 6.96. The van der Waals surface area contributed by atoms with Crippen LogP contribution in [0.2, 0.25) is 5.02 Å². The number of benzene rings is 1. The number of amides is 2. The molecule has 1 saturated carbocycles. The van der Waals surface area contributed by atoms with Crippen LogP contribution < -0.4 is 10.6 Å². The molecule has 2 heterocycles. The fourth-order valence-corrected chi connectivity index (χ4v) is 3.31. The predicted octanol–water partition coefficient (Wildman–Crippen LogP) is 4.76. The monoisotopic (exact) mass is 369 g/mol. The van der Waals surface area contributed by atoms with Gasteiger partial charge in [-0.3, -0.25) is 10.4 Å². The molecule has 1 aliphatic carbocycles. The molecule has 6 nitrogen and oxygen atoms in total. The number of anilines is 1. The van der Waals surface area contributed by atoms with Gasteiger partial charge in [0.2, 0.25) is 0 Å². The number of aromatic amines is 1. The van der Waals surface area contributed by atoms with Crippen LogP contribution in [0.25, 0.3) is 10.9 Å². The first-order valence-corrected chi connectivity index (χ1v) is 9.15. The highest BCUT2D eigenvalue weighted by Gasteiger charge is 2.23. The Morgan fingerprint density at radius 3 is 2.77 bits per heavy atom. The molecule has 3 aromatic rings. The first kappa shape index (κ1) is 16.8. The van der Waals surface area contributed by atoms with Crippen molar-refractivity contribution < 1.29 is 4.79 Å². The molecule has 2 amide bonds. The fraction of sp³-hybridized carbons (Fsp3) is 0.316. The highest BCUT2D eigenvalue weighted by molar-refractivity contribution is 6.30. The summed E-state index contributed by atoms with van der Waals surface area (Å²) >= 11 is 5.89. The highest BCUT2D eigenvalue weighted by atomic mass is 35.5. The second-order valence-electron chi connectivity index (χ2n) is 6.72. The van der Waals surface area contributed by atoms with Gasteiger partial charge >= 0.3 is 6.03 Å². The standard InChI is InChI=1S/C19H20ClN5O/c1-11(12-5-7-14(20)8-6-12)22-19(26)23-17-9-16-15(10-21-17)18(25-24-16)13-3-2-4-13/h5-11,13H,2-4H2,1H3,(H,24,25)(H2,21,22,23,26). The number of H-pyrrole nitrogens is 1. The molecule has 0 radical (unpaired) electrons. The van der Waals surface area contributed by atoms with Gasteiger partial charge in [-0.05, 0) is 37.5 Å². The average molecular weight is 370 g/mol. The molecule has 1 unspecified atom stereocenters. The van der Waals surface area contributed by atoms with Gasteiger partial charge in [-0.25, -0.2) is 9.78 Å². The molecule has 2 aromatic heterocycles. The molecule has 0 bridgehead atoms. The lowest BCUT2D eigenvalue weighted by Crippen LogP contribution is -2.31. The molecule has 0 aliphatic heterocycles. The van der Waals surface area contributed by atoms with Gasteiger partial charge in [0.1, 0.15) is 5.82 Å². The summed E-state index contributed by atoms with van der Waals surface area (Å²) in [5.41, 5.74) is 2.96. The van der Waals surface area contributed by atoms with Crippen molar-refractivity contribution in [2.24, 2.45) is 0 Å². The van der Waals surface area contributed by atoms with Gasteiger partial charge in [-0.2, -0.15) is 5.10 Å². The SMILES string of the molecule is CC(NC(=O)Nc1cc2n[nH]c(C3CCC3)c2cn1)c1ccc(Cl)cc1. The molecule has 26 heavy (non-hydrogen) atoms. The molecule has 1 aliphatic rings. The maximum absolute atomic E-state index is 12.3. The van der Waals surface area contributed by atoms with Crippen LogP contribution in [0.5, 0.6) is 0 Å². The van der Waals surface area contributed by atoms with Crippen molar-refractivity contribution in [1.82, 2.24) is 20.5 Å². The summed E-state index contributed by atoms with van der Waals surface area (Å²) in [5, 5.41) is 14.9. The zero-order chi connectivity index (χ0) is 18.1. The van der Waals surface area contributed by atoms with E-state index in [0.717, 1.165) is 22.2 Å². The number of carbonyl (C=O) groups excluding carboxylic acids is 1. The number of nitrogens with one attached hydrogen (secondary N) is 3. The first-order valence-electron chi connectivity index (χ1n) is 8.77. The summed E-state index contributed by atoms with van der Waals surface area (Å²) in [6.45, 7) is 1.91. The summed E-state index contributed by atoms with van der Waals surface area (Å²) in [6.07, 6.45) is 5.44. The van der Waals surface area contributed by atoms with Crippen LogP contribution in [0, 0.1) is 0 Å². The molecule has 134 valence electrons. The summed E-state index contributed by atoms with van der Waals surface area (Å²) in [5.74, 6) is 1.04. The van der Waals surface area contributed by atoms with Crippen molar-refractivity contribution in [1.29, 1.82) is 0 Å². The Kier molecular flexibility index (Phi) is 4.51. The molecule has 4 rings (SSSR count). The lowest BCUT2D eigenvalue weighted by atomic mass is 9.82. The lowest BCUT2D eigenvalue weighted by molar-refractivity contribution is 0.249. The molecule has 7 heteroatoms. The van der Waals surface area contributed by atoms with E-state index in [2.05, 4.69) is 25.8 Å². The Bertz CT molecular complexity index is 933. The van der Waals surface area contributed by atoms with Gasteiger partial charge in [0, 0.05) is 34.3 Å². The van der Waals surface area contributed by atoms with Crippen molar-refractivity contribution in [2.75, 3.05) is 5.32 Å². The summed E-state index contributed by atoms with van der Waals surface area (Å²) in [6, 6.07) is 8.73. The second-order valence-corrected chi connectivity index (χ2v) is 7.16. The Morgan fingerprint density at radius 1 is 1.31 bits per heavy atom. The van der Waals surface area contributed by atoms with Crippen LogP contribution in [0.3, 0.4) is 0 Å². The molecule has 0 saturated heterocycles. The minimum Gasteiger partial charge on any atom is -0.331 e. The number of fused-ring (bicyclic) bond motifs is 1. The third-order valence-electron chi connectivity index (χ3n) is 4.94. The number of carbonyl (C=O) groups is 1. The van der Waals surface area contributed by atoms with Gasteiger partial charge in [-0.1, -0.05) is 30.2 Å². The van der Waals surface area contributed by atoms with E-state index >= 15 is 0 Å². The van der Waals surface area contributed by atoms with Gasteiger partial charge in [0.05, 0.1) is 11.6 Å². The van der Waals surface area contributed by atoms with Crippen LogP contribution in [-0.2, 0) is 0 Å². The number of nitrogens with zero attached hydrogens (tertiary/aromatic N) is 2. The van der Waals surface area contributed by atoms with E-state index in [1.807, 2.05) is 19.1 Å². The smallest absolute Gasteiger partial charge is 0.320 e. The van der Waals surface area contributed by atoms with Crippen LogP contribution in [0.1, 0.15) is 49.4 Å². The van der Waals surface area contributed by atoms with E-state index < -0.39 is 0 Å². The van der Waals surface area contributed by atoms with Crippen LogP contribution in [0.4, 0.5) is 10.6 Å². The van der Waals surface area contributed by atoms with E-state index in [4.69, 9.17) is 11.6 Å². The van der Waals surface area contributed by atoms with Gasteiger partial charge in [0.15, 0.2) is 0 Å². The third kappa shape index (κ3) is 3.37. The quantitative estimate of drug-likeness (QED) is 0.619. The lowest BCUT2D eigenvalue weighted by Gasteiger charge is -2.24. The van der Waals surface area contributed by atoms with E-state index in [-0.39, 0.29) is 12.1 Å². The van der Waals surface area contributed by atoms with E-state index in [1.165, 1.54) is 19.3 Å². The minimum atomic E-state index is -0.311. The Morgan fingerprint density at radius 2 is 2.08 bits per heavy atom. The number of pyridine rings is 1. The van der Waals surface area contributed by atoms with Gasteiger partial charge < -0.3 is 5.32 Å². The molecule has 0 spiro atoms. The van der Waals surface area contributed by atoms with Crippen LogP contribution >= 0.6 is 11.6 Å². The number of halogens is 1. The average Bonchev–Trinajstić information content (AvgIpc) is 2.96. The van der Waals surface area contributed by atoms with Crippen molar-refractivity contribution >= 4 is 34.4 Å². The van der Waals surface area contributed by atoms with Crippen molar-refractivity contribution in [3.05, 3.63) is 52.8 Å². The molecular weight excluding hydrogens is 350 g/mol. The zero-order valence-corrected chi connectivity index (χ0v) is 15.2. The summed E-state index contributed by atoms with van der Waals surface area (Å²) < 4.78 is 0. The van der Waals surface area contributed by atoms with Crippen molar-refractivity contribution in [2.45, 2.75) is 38.1 Å². The summed E-state index contributed by atoms with van der Waals surface area (Å²) in [7, 11) is 0. The van der Waals surface area contributed by atoms with Crippen molar-refractivity contribution in [3.63, 3.8) is 0 Å². The molecule has 1 atom stereocenters. The normalized spacial score (nSPS) is 15.5. The topological polar surface area (TPSA) is 82.7 Å². The molecule has 3 N–H and O–H groups in total. The van der Waals surface area contributed by atoms with Crippen molar-refractivity contribution in [3.8, 4) is 0 Å². The van der Waals surface area contributed by atoms with Gasteiger partial charge in [-0.15, -0.1) is 0 Å². The number of urea groups is 1. The first-order chi connectivity index (χ1) is 12.6. The maximum Gasteiger partial charge on any atom is 0.320 e. The Labute approximate surface area is 156 Å². The third-order valence-corrected chi connectivity index (χ3v) is 5.19. The molecule has 1 aromatic carbocycles. The number of aromatic nitrogens is 3. The van der Waals surface area contributed by atoms with Crippen LogP contribution in [0.15, 0.2) is 36.5 Å². The number of hydrogen-bond acceptors (Lipinski definition) is 3. The van der Waals surface area contributed by atoms with E-state index in [0.29, 0.717) is 16.8 Å². The van der Waals surface area contributed by atoms with E-state index in [1.54, 1.807) is 24.4 Å². The molecule has 1 fully saturated rings. The highest BCUT2D eigenvalue weighted by Crippen LogP contribution is 2.38. The largest absolute Gasteiger partial charge is 0.331 e. The fourth-order valence-electron chi connectivity index (χ4n) is 3.19. The van der Waals surface area contributed by atoms with Gasteiger partial charge in [0.25, 0.3) is 0 Å². The zero-order valence-electron chi connectivity index (χ0n) is 14.4. The Hall–Kier alpha value is -2.60. The Balaban J connectivity index is 1.43.